The Bertz CT molecular complexity index is 481. The normalized spacial score (nSPS) is 20.2. The van der Waals surface area contributed by atoms with Crippen molar-refractivity contribution in [3.63, 3.8) is 0 Å². The third kappa shape index (κ3) is 3.91. The Morgan fingerprint density at radius 2 is 2.06 bits per heavy atom. The summed E-state index contributed by atoms with van der Waals surface area (Å²) < 4.78 is 27.6. The average molecular weight is 380 g/mol. The highest BCUT2D eigenvalue weighted by molar-refractivity contribution is 14.1. The zero-order valence-corrected chi connectivity index (χ0v) is 13.0. The molecule has 2 rings (SSSR count). The molecule has 0 spiro atoms. The molecule has 0 aromatic heterocycles. The van der Waals surface area contributed by atoms with Gasteiger partial charge in [-0.1, -0.05) is 0 Å². The molecular formula is C12H17IN2O2S. The van der Waals surface area contributed by atoms with Gasteiger partial charge in [-0.2, -0.15) is 0 Å². The molecule has 1 aromatic rings. The molecule has 1 aliphatic heterocycles. The van der Waals surface area contributed by atoms with E-state index < -0.39 is 10.0 Å². The van der Waals surface area contributed by atoms with Gasteiger partial charge in [-0.15, -0.1) is 0 Å². The highest BCUT2D eigenvalue weighted by atomic mass is 127. The maximum atomic E-state index is 12.0. The summed E-state index contributed by atoms with van der Waals surface area (Å²) in [4.78, 5) is 0.335. The predicted octanol–water partition coefficient (Wildman–Crippen LogP) is 1.71. The van der Waals surface area contributed by atoms with Crippen molar-refractivity contribution >= 4 is 32.6 Å². The molecule has 1 aliphatic rings. The smallest absolute Gasteiger partial charge is 0.240 e. The number of hydrogen-bond acceptors (Lipinski definition) is 3. The molecule has 18 heavy (non-hydrogen) atoms. The van der Waals surface area contributed by atoms with Crippen molar-refractivity contribution < 1.29 is 8.42 Å². The van der Waals surface area contributed by atoms with Gasteiger partial charge in [-0.3, -0.25) is 0 Å². The lowest BCUT2D eigenvalue weighted by molar-refractivity contribution is 0.539. The van der Waals surface area contributed by atoms with Gasteiger partial charge in [-0.05, 0) is 72.7 Å². The van der Waals surface area contributed by atoms with Gasteiger partial charge in [-0.25, -0.2) is 13.1 Å². The zero-order chi connectivity index (χ0) is 13.0. The number of nitrogens with one attached hydrogen (secondary N) is 2. The van der Waals surface area contributed by atoms with E-state index in [1.54, 1.807) is 24.3 Å². The minimum atomic E-state index is -3.35. The predicted molar refractivity (Wildman–Crippen MR) is 80.0 cm³/mol. The SMILES string of the molecule is O=S(=O)(NCC[C@H]1CCCN1)c1ccc(I)cc1. The Morgan fingerprint density at radius 1 is 1.33 bits per heavy atom. The van der Waals surface area contributed by atoms with Crippen LogP contribution in [0.5, 0.6) is 0 Å². The number of sulfonamides is 1. The first-order valence-electron chi connectivity index (χ1n) is 6.06. The van der Waals surface area contributed by atoms with Crippen LogP contribution in [0.4, 0.5) is 0 Å². The van der Waals surface area contributed by atoms with Gasteiger partial charge < -0.3 is 5.32 Å². The first-order chi connectivity index (χ1) is 8.58. The van der Waals surface area contributed by atoms with E-state index in [0.29, 0.717) is 17.5 Å². The quantitative estimate of drug-likeness (QED) is 0.765. The third-order valence-electron chi connectivity index (χ3n) is 3.07. The molecule has 0 saturated carbocycles. The van der Waals surface area contributed by atoms with Crippen molar-refractivity contribution in [1.29, 1.82) is 0 Å². The van der Waals surface area contributed by atoms with Crippen molar-refractivity contribution in [2.24, 2.45) is 0 Å². The number of rotatable bonds is 5. The standard InChI is InChI=1S/C12H17IN2O2S/c13-10-3-5-12(6-4-10)18(16,17)15-9-7-11-2-1-8-14-11/h3-6,11,14-15H,1-2,7-9H2/t11-/m1/s1. The Balaban J connectivity index is 1.88. The summed E-state index contributed by atoms with van der Waals surface area (Å²) in [6.45, 7) is 1.54. The molecule has 2 N–H and O–H groups in total. The zero-order valence-electron chi connectivity index (χ0n) is 10.0. The molecule has 1 atom stereocenters. The molecule has 0 aliphatic carbocycles. The van der Waals surface area contributed by atoms with E-state index in [1.165, 1.54) is 6.42 Å². The maximum Gasteiger partial charge on any atom is 0.240 e. The fourth-order valence-corrected chi connectivity index (χ4v) is 3.47. The molecule has 0 radical (unpaired) electrons. The van der Waals surface area contributed by atoms with E-state index in [1.807, 2.05) is 0 Å². The summed E-state index contributed by atoms with van der Waals surface area (Å²) in [7, 11) is -3.35. The second-order valence-electron chi connectivity index (χ2n) is 4.43. The Morgan fingerprint density at radius 3 is 2.67 bits per heavy atom. The molecular weight excluding hydrogens is 363 g/mol. The molecule has 1 saturated heterocycles. The summed E-state index contributed by atoms with van der Waals surface area (Å²) in [6, 6.07) is 7.33. The van der Waals surface area contributed by atoms with Gasteiger partial charge >= 0.3 is 0 Å². The lowest BCUT2D eigenvalue weighted by atomic mass is 10.2. The Labute approximate surface area is 122 Å². The van der Waals surface area contributed by atoms with E-state index in [9.17, 15) is 8.42 Å². The summed E-state index contributed by atoms with van der Waals surface area (Å²) in [5.74, 6) is 0. The fourth-order valence-electron chi connectivity index (χ4n) is 2.07. The summed E-state index contributed by atoms with van der Waals surface area (Å²) >= 11 is 2.16. The monoisotopic (exact) mass is 380 g/mol. The van der Waals surface area contributed by atoms with Crippen molar-refractivity contribution in [3.8, 4) is 0 Å². The Hall–Kier alpha value is -0.180. The summed E-state index contributed by atoms with van der Waals surface area (Å²) in [6.07, 6.45) is 3.18. The van der Waals surface area contributed by atoms with E-state index in [4.69, 9.17) is 0 Å². The van der Waals surface area contributed by atoms with Crippen molar-refractivity contribution in [1.82, 2.24) is 10.0 Å². The molecule has 0 unspecified atom stereocenters. The third-order valence-corrected chi connectivity index (χ3v) is 5.27. The van der Waals surface area contributed by atoms with E-state index in [-0.39, 0.29) is 0 Å². The van der Waals surface area contributed by atoms with E-state index in [0.717, 1.165) is 23.0 Å². The molecule has 4 nitrogen and oxygen atoms in total. The highest BCUT2D eigenvalue weighted by Crippen LogP contribution is 2.12. The van der Waals surface area contributed by atoms with Crippen molar-refractivity contribution in [2.45, 2.75) is 30.2 Å². The number of halogens is 1. The molecule has 0 bridgehead atoms. The summed E-state index contributed by atoms with van der Waals surface area (Å²) in [5, 5.41) is 3.35. The molecule has 0 amide bonds. The Kier molecular flexibility index (Phi) is 4.99. The van der Waals surface area contributed by atoms with Gasteiger partial charge in [0, 0.05) is 16.2 Å². The molecule has 6 heteroatoms. The highest BCUT2D eigenvalue weighted by Gasteiger charge is 2.16. The van der Waals surface area contributed by atoms with Crippen LogP contribution >= 0.6 is 22.6 Å². The number of benzene rings is 1. The van der Waals surface area contributed by atoms with Crippen LogP contribution in [-0.2, 0) is 10.0 Å². The van der Waals surface area contributed by atoms with Crippen LogP contribution in [0.1, 0.15) is 19.3 Å². The van der Waals surface area contributed by atoms with Gasteiger partial charge in [0.2, 0.25) is 10.0 Å². The maximum absolute atomic E-state index is 12.0. The van der Waals surface area contributed by atoms with Crippen LogP contribution in [0.2, 0.25) is 0 Å². The van der Waals surface area contributed by atoms with Crippen molar-refractivity contribution in [2.75, 3.05) is 13.1 Å². The van der Waals surface area contributed by atoms with Crippen LogP contribution in [0, 0.1) is 3.57 Å². The molecule has 1 aromatic carbocycles. The van der Waals surface area contributed by atoms with Crippen LogP contribution < -0.4 is 10.0 Å². The minimum absolute atomic E-state index is 0.335. The van der Waals surface area contributed by atoms with Crippen LogP contribution in [0.15, 0.2) is 29.2 Å². The van der Waals surface area contributed by atoms with E-state index >= 15 is 0 Å². The van der Waals surface area contributed by atoms with Crippen LogP contribution in [0.25, 0.3) is 0 Å². The average Bonchev–Trinajstić information content (AvgIpc) is 2.82. The first-order valence-corrected chi connectivity index (χ1v) is 8.63. The lowest BCUT2D eigenvalue weighted by Crippen LogP contribution is -2.30. The largest absolute Gasteiger partial charge is 0.314 e. The van der Waals surface area contributed by atoms with Gasteiger partial charge in [0.15, 0.2) is 0 Å². The van der Waals surface area contributed by atoms with Gasteiger partial charge in [0.05, 0.1) is 4.90 Å². The molecule has 1 heterocycles. The van der Waals surface area contributed by atoms with Gasteiger partial charge in [0.25, 0.3) is 0 Å². The second kappa shape index (κ2) is 6.31. The minimum Gasteiger partial charge on any atom is -0.314 e. The second-order valence-corrected chi connectivity index (χ2v) is 7.45. The van der Waals surface area contributed by atoms with Gasteiger partial charge in [0.1, 0.15) is 0 Å². The van der Waals surface area contributed by atoms with Crippen molar-refractivity contribution in [3.05, 3.63) is 27.8 Å². The summed E-state index contributed by atoms with van der Waals surface area (Å²) in [5.41, 5.74) is 0. The topological polar surface area (TPSA) is 58.2 Å². The van der Waals surface area contributed by atoms with Crippen LogP contribution in [-0.4, -0.2) is 27.5 Å². The van der Waals surface area contributed by atoms with E-state index in [2.05, 4.69) is 32.6 Å². The molecule has 1 fully saturated rings. The fraction of sp³-hybridized carbons (Fsp3) is 0.500. The lowest BCUT2D eigenvalue weighted by Gasteiger charge is -2.11. The number of hydrogen-bond donors (Lipinski definition) is 2. The van der Waals surface area contributed by atoms with Crippen LogP contribution in [0.3, 0.4) is 0 Å². The first kappa shape index (κ1) is 14.2. The molecule has 100 valence electrons.